The molecular formula is C6H9AlClO2+. The maximum Gasteiger partial charge on any atom is 0.791 e. The minimum absolute atomic E-state index is 0.329. The van der Waals surface area contributed by atoms with E-state index in [9.17, 15) is 0 Å². The molecule has 0 spiro atoms. The summed E-state index contributed by atoms with van der Waals surface area (Å²) >= 11 is -0.329. The van der Waals surface area contributed by atoms with Crippen molar-refractivity contribution in [2.45, 2.75) is 0 Å². The van der Waals surface area contributed by atoms with Crippen LogP contribution in [0.2, 0.25) is 0 Å². The third-order valence-electron chi connectivity index (χ3n) is 1.24. The van der Waals surface area contributed by atoms with Crippen LogP contribution >= 0.6 is 0 Å². The summed E-state index contributed by atoms with van der Waals surface area (Å²) in [7, 11) is 5.63. The predicted octanol–water partition coefficient (Wildman–Crippen LogP) is 0.412. The zero-order valence-electron chi connectivity index (χ0n) is 6.06. The second-order valence-corrected chi connectivity index (χ2v) is 4.97. The maximum absolute atomic E-state index is 5.13. The van der Waals surface area contributed by atoms with Crippen molar-refractivity contribution in [2.24, 2.45) is 0 Å². The third kappa shape index (κ3) is 1.70. The Morgan fingerprint density at radius 1 is 1.40 bits per heavy atom. The molecule has 0 bridgehead atoms. The molecule has 0 aromatic heterocycles. The number of allylic oxidation sites excluding steroid dienone is 1. The van der Waals surface area contributed by atoms with E-state index < -0.39 is 0 Å². The summed E-state index contributed by atoms with van der Waals surface area (Å²) in [6.45, 7) is 0. The number of ether oxygens (including phenoxy) is 2. The Kier molecular flexibility index (Phi) is 3.14. The Morgan fingerprint density at radius 2 is 2.20 bits per heavy atom. The van der Waals surface area contributed by atoms with Gasteiger partial charge in [0.05, 0.1) is 14.2 Å². The van der Waals surface area contributed by atoms with Gasteiger partial charge in [0.1, 0.15) is 15.9 Å². The predicted molar refractivity (Wildman–Crippen MR) is 37.3 cm³/mol. The average molecular weight is 176 g/mol. The van der Waals surface area contributed by atoms with Crippen molar-refractivity contribution in [2.75, 3.05) is 14.2 Å². The Hall–Kier alpha value is -0.0975. The first-order valence-corrected chi connectivity index (χ1v) is 6.22. The first-order chi connectivity index (χ1) is 4.88. The largest absolute Gasteiger partial charge is 0.791 e. The summed E-state index contributed by atoms with van der Waals surface area (Å²) in [4.78, 5) is 0. The first kappa shape index (κ1) is 8.00. The minimum atomic E-state index is -0.329. The van der Waals surface area contributed by atoms with E-state index in [1.165, 1.54) is 0 Å². The molecule has 54 valence electrons. The van der Waals surface area contributed by atoms with Gasteiger partial charge in [0.15, 0.2) is 0 Å². The molecule has 0 atom stereocenters. The molecule has 0 aliphatic carbocycles. The van der Waals surface area contributed by atoms with Crippen molar-refractivity contribution >= 4 is 14.3 Å². The second-order valence-electron chi connectivity index (χ2n) is 1.78. The van der Waals surface area contributed by atoms with E-state index in [4.69, 9.17) is 9.47 Å². The van der Waals surface area contributed by atoms with Crippen molar-refractivity contribution in [3.05, 3.63) is 22.0 Å². The fourth-order valence-electron chi connectivity index (χ4n) is 0.712. The lowest BCUT2D eigenvalue weighted by Crippen LogP contribution is -2.08. The summed E-state index contributed by atoms with van der Waals surface area (Å²) in [6.07, 6.45) is 1.92. The normalized spacial score (nSPS) is 16.6. The SMILES string of the molecule is COC1=[C](OC)[AlH][Cl+]C=C1. The van der Waals surface area contributed by atoms with Gasteiger partial charge in [-0.2, -0.15) is 0 Å². The van der Waals surface area contributed by atoms with Gasteiger partial charge >= 0.3 is 14.3 Å². The van der Waals surface area contributed by atoms with Gasteiger partial charge in [0.2, 0.25) is 0 Å². The van der Waals surface area contributed by atoms with Crippen molar-refractivity contribution in [1.29, 1.82) is 0 Å². The van der Waals surface area contributed by atoms with Gasteiger partial charge in [-0.3, -0.25) is 0 Å². The standard InChI is InChI=1S/C6H8ClO2.Al.H/c1-8-5-6(9-2)3-4-7;;/h3-4H,1-2H3;;/q;+1;. The summed E-state index contributed by atoms with van der Waals surface area (Å²) in [5, 5.41) is 0. The van der Waals surface area contributed by atoms with Crippen LogP contribution in [0.5, 0.6) is 0 Å². The number of hydrogen-bond donors (Lipinski definition) is 0. The number of hydrogen-bond acceptors (Lipinski definition) is 2. The van der Waals surface area contributed by atoms with Gasteiger partial charge in [-0.1, -0.05) is 0 Å². The molecule has 0 aromatic carbocycles. The first-order valence-electron chi connectivity index (χ1n) is 2.94. The van der Waals surface area contributed by atoms with E-state index in [1.54, 1.807) is 14.2 Å². The molecule has 1 aliphatic heterocycles. The molecule has 0 N–H and O–H groups in total. The molecule has 4 heteroatoms. The zero-order chi connectivity index (χ0) is 7.40. The van der Waals surface area contributed by atoms with Gasteiger partial charge in [-0.15, -0.1) is 0 Å². The van der Waals surface area contributed by atoms with Gasteiger partial charge in [-0.25, -0.2) is 0 Å². The second kappa shape index (κ2) is 3.92. The van der Waals surface area contributed by atoms with E-state index in [0.29, 0.717) is 0 Å². The minimum Gasteiger partial charge on any atom is -0.508 e. The summed E-state index contributed by atoms with van der Waals surface area (Å²) in [5.74, 6) is 0.882. The molecule has 0 fully saturated rings. The molecule has 10 heavy (non-hydrogen) atoms. The number of halogens is 1. The molecule has 0 saturated carbocycles. The molecule has 1 rings (SSSR count). The highest BCUT2D eigenvalue weighted by atomic mass is 35.6. The number of rotatable bonds is 2. The molecule has 1 heterocycles. The maximum atomic E-state index is 5.13. The Morgan fingerprint density at radius 3 is 2.70 bits per heavy atom. The van der Waals surface area contributed by atoms with Crippen LogP contribution in [0.1, 0.15) is 0 Å². The molecule has 1 aliphatic rings. The average Bonchev–Trinajstić information content (AvgIpc) is 2.04. The van der Waals surface area contributed by atoms with Gasteiger partial charge in [-0.05, 0) is 9.24 Å². The van der Waals surface area contributed by atoms with Crippen LogP contribution in [0.25, 0.3) is 0 Å². The summed E-state index contributed by atoms with van der Waals surface area (Å²) < 4.78 is 11.2. The van der Waals surface area contributed by atoms with E-state index in [-0.39, 0.29) is 14.3 Å². The lowest BCUT2D eigenvalue weighted by molar-refractivity contribution is -0.435. The Balaban J connectivity index is 2.73. The third-order valence-corrected chi connectivity index (χ3v) is 4.31. The molecule has 0 aromatic rings. The molecule has 0 amide bonds. The van der Waals surface area contributed by atoms with Crippen LogP contribution in [-0.2, 0) is 9.47 Å². The van der Waals surface area contributed by atoms with Crippen LogP contribution < -0.4 is 0 Å². The highest BCUT2D eigenvalue weighted by Gasteiger charge is 2.26. The number of methoxy groups -OCH3 is 2. The van der Waals surface area contributed by atoms with Gasteiger partial charge < -0.3 is 9.47 Å². The van der Waals surface area contributed by atoms with Gasteiger partial charge in [0, 0.05) is 6.08 Å². The highest BCUT2D eigenvalue weighted by Crippen LogP contribution is 2.11. The van der Waals surface area contributed by atoms with Crippen molar-refractivity contribution in [3.8, 4) is 0 Å². The lowest BCUT2D eigenvalue weighted by Gasteiger charge is -2.05. The summed E-state index contributed by atoms with van der Waals surface area (Å²) in [6, 6.07) is 0. The molecule has 0 saturated heterocycles. The van der Waals surface area contributed by atoms with Crippen LogP contribution in [0, 0.1) is 9.24 Å². The topological polar surface area (TPSA) is 18.5 Å². The molecule has 0 radical (unpaired) electrons. The lowest BCUT2D eigenvalue weighted by atomic mass is 10.5. The molecular weight excluding hydrogens is 166 g/mol. The Bertz CT molecular complexity index is 177. The van der Waals surface area contributed by atoms with Crippen LogP contribution in [0.4, 0.5) is 0 Å². The van der Waals surface area contributed by atoms with Crippen molar-refractivity contribution < 1.29 is 18.7 Å². The molecule has 2 nitrogen and oxygen atoms in total. The van der Waals surface area contributed by atoms with Crippen LogP contribution in [-0.4, -0.2) is 28.5 Å². The van der Waals surface area contributed by atoms with E-state index >= 15 is 0 Å². The smallest absolute Gasteiger partial charge is 0.508 e. The van der Waals surface area contributed by atoms with Crippen molar-refractivity contribution in [3.63, 3.8) is 0 Å². The molecule has 0 unspecified atom stereocenters. The van der Waals surface area contributed by atoms with Crippen LogP contribution in [0.3, 0.4) is 0 Å². The van der Waals surface area contributed by atoms with E-state index in [0.717, 1.165) is 10.4 Å². The van der Waals surface area contributed by atoms with Crippen LogP contribution in [0.15, 0.2) is 22.0 Å². The fourth-order valence-corrected chi connectivity index (χ4v) is 3.33. The highest BCUT2D eigenvalue weighted by molar-refractivity contribution is 6.34. The van der Waals surface area contributed by atoms with Gasteiger partial charge in [0.25, 0.3) is 0 Å². The van der Waals surface area contributed by atoms with E-state index in [2.05, 4.69) is 9.24 Å². The van der Waals surface area contributed by atoms with Crippen molar-refractivity contribution in [1.82, 2.24) is 0 Å². The van der Waals surface area contributed by atoms with E-state index in [1.807, 2.05) is 11.6 Å². The quantitative estimate of drug-likeness (QED) is 0.566. The fraction of sp³-hybridized carbons (Fsp3) is 0.333. The Labute approximate surface area is 69.5 Å². The zero-order valence-corrected chi connectivity index (χ0v) is 8.23. The summed E-state index contributed by atoms with van der Waals surface area (Å²) in [5.41, 5.74) is 2.01. The monoisotopic (exact) mass is 175 g/mol.